The van der Waals surface area contributed by atoms with Crippen LogP contribution in [0.2, 0.25) is 5.02 Å². The molecule has 0 amide bonds. The Labute approximate surface area is 151 Å². The molecule has 0 heterocycles. The van der Waals surface area contributed by atoms with Crippen LogP contribution in [0.15, 0.2) is 54.9 Å². The maximum absolute atomic E-state index is 12.9. The van der Waals surface area contributed by atoms with Crippen molar-refractivity contribution in [3.8, 4) is 0 Å². The van der Waals surface area contributed by atoms with Crippen LogP contribution in [-0.2, 0) is 6.42 Å². The molecule has 0 aliphatic carbocycles. The van der Waals surface area contributed by atoms with E-state index in [4.69, 9.17) is 11.6 Å². The number of nitrogens with zero attached hydrogens (tertiary/aromatic N) is 1. The van der Waals surface area contributed by atoms with Gasteiger partial charge in [0.25, 0.3) is 0 Å². The van der Waals surface area contributed by atoms with Crippen molar-refractivity contribution < 1.29 is 9.72 Å². The van der Waals surface area contributed by atoms with Gasteiger partial charge in [0.15, 0.2) is 5.78 Å². The first-order valence-corrected chi connectivity index (χ1v) is 8.39. The fourth-order valence-corrected chi connectivity index (χ4v) is 2.64. The predicted molar refractivity (Wildman–Crippen MR) is 99.7 cm³/mol. The van der Waals surface area contributed by atoms with Crippen LogP contribution in [-0.4, -0.2) is 10.7 Å². The topological polar surface area (TPSA) is 72.2 Å². The molecule has 2 rings (SSSR count). The molecule has 0 saturated heterocycles. The van der Waals surface area contributed by atoms with E-state index >= 15 is 0 Å². The van der Waals surface area contributed by atoms with E-state index in [2.05, 4.69) is 12.2 Å². The Morgan fingerprint density at radius 2 is 2.00 bits per heavy atom. The molecule has 2 aromatic carbocycles. The molecule has 0 unspecified atom stereocenters. The summed E-state index contributed by atoms with van der Waals surface area (Å²) in [6.07, 6.45) is 4.93. The van der Waals surface area contributed by atoms with Gasteiger partial charge in [0.2, 0.25) is 6.20 Å². The number of anilines is 1. The average Bonchev–Trinajstić information content (AvgIpc) is 2.60. The predicted octanol–water partition coefficient (Wildman–Crippen LogP) is 5.07. The molecule has 5 nitrogen and oxygen atoms in total. The number of nitrogens with one attached hydrogen (secondary N) is 1. The van der Waals surface area contributed by atoms with E-state index in [1.807, 2.05) is 12.1 Å². The maximum atomic E-state index is 12.9. The lowest BCUT2D eigenvalue weighted by Crippen LogP contribution is -2.07. The highest BCUT2D eigenvalue weighted by Gasteiger charge is 2.16. The Hall–Kier alpha value is -2.66. The van der Waals surface area contributed by atoms with Crippen LogP contribution in [0, 0.1) is 10.1 Å². The van der Waals surface area contributed by atoms with Gasteiger partial charge in [-0.15, -0.1) is 0 Å². The number of ketones is 1. The molecule has 0 radical (unpaired) electrons. The van der Waals surface area contributed by atoms with Crippen LogP contribution >= 0.6 is 11.6 Å². The minimum atomic E-state index is -0.571. The second-order valence-electron chi connectivity index (χ2n) is 5.54. The fraction of sp³-hybridized carbons (Fsp3) is 0.211. The number of nitro groups is 1. The van der Waals surface area contributed by atoms with Crippen molar-refractivity contribution in [2.24, 2.45) is 0 Å². The van der Waals surface area contributed by atoms with Gasteiger partial charge in [-0.1, -0.05) is 43.1 Å². The van der Waals surface area contributed by atoms with Crippen molar-refractivity contribution in [3.05, 3.63) is 86.7 Å². The molecule has 25 heavy (non-hydrogen) atoms. The minimum Gasteiger partial charge on any atom is -0.356 e. The molecular weight excluding hydrogens is 340 g/mol. The van der Waals surface area contributed by atoms with Crippen LogP contribution in [0.5, 0.6) is 0 Å². The average molecular weight is 359 g/mol. The highest BCUT2D eigenvalue weighted by atomic mass is 35.5. The number of unbranched alkanes of at least 4 members (excludes halogenated alkanes) is 1. The molecule has 130 valence electrons. The maximum Gasteiger partial charge on any atom is 0.250 e. The second kappa shape index (κ2) is 8.99. The van der Waals surface area contributed by atoms with Gasteiger partial charge in [0.05, 0.1) is 16.1 Å². The monoisotopic (exact) mass is 358 g/mol. The largest absolute Gasteiger partial charge is 0.356 e. The Kier molecular flexibility index (Phi) is 6.71. The standard InChI is InChI=1S/C19H19ClN2O3/c1-2-3-6-14-9-10-18(21-11-12-22(24)25)16(13-14)19(23)15-7-4-5-8-17(15)20/h4-5,7-13,21H,2-3,6H2,1H3. The van der Waals surface area contributed by atoms with Crippen molar-refractivity contribution in [2.75, 3.05) is 5.32 Å². The van der Waals surface area contributed by atoms with E-state index in [1.165, 1.54) is 6.20 Å². The molecule has 0 saturated carbocycles. The summed E-state index contributed by atoms with van der Waals surface area (Å²) in [6.45, 7) is 2.11. The fourth-order valence-electron chi connectivity index (χ4n) is 2.42. The van der Waals surface area contributed by atoms with E-state index in [9.17, 15) is 14.9 Å². The number of benzene rings is 2. The number of halogens is 1. The van der Waals surface area contributed by atoms with E-state index in [0.29, 0.717) is 21.8 Å². The molecule has 0 aliphatic heterocycles. The molecule has 0 atom stereocenters. The van der Waals surface area contributed by atoms with Crippen molar-refractivity contribution >= 4 is 23.1 Å². The van der Waals surface area contributed by atoms with Crippen molar-refractivity contribution in [1.82, 2.24) is 0 Å². The van der Waals surface area contributed by atoms with Gasteiger partial charge in [-0.2, -0.15) is 0 Å². The summed E-state index contributed by atoms with van der Waals surface area (Å²) < 4.78 is 0. The summed E-state index contributed by atoms with van der Waals surface area (Å²) in [6, 6.07) is 12.3. The highest BCUT2D eigenvalue weighted by molar-refractivity contribution is 6.35. The van der Waals surface area contributed by atoms with E-state index in [-0.39, 0.29) is 5.78 Å². The number of hydrogen-bond acceptors (Lipinski definition) is 4. The lowest BCUT2D eigenvalue weighted by atomic mass is 9.97. The lowest BCUT2D eigenvalue weighted by molar-refractivity contribution is -0.402. The van der Waals surface area contributed by atoms with Gasteiger partial charge in [0, 0.05) is 16.8 Å². The van der Waals surface area contributed by atoms with Crippen LogP contribution < -0.4 is 5.32 Å². The minimum absolute atomic E-state index is 0.221. The third-order valence-electron chi connectivity index (χ3n) is 3.70. The molecule has 0 aromatic heterocycles. The first-order chi connectivity index (χ1) is 12.0. The summed E-state index contributed by atoms with van der Waals surface area (Å²) in [5.41, 5.74) is 2.39. The molecule has 0 fully saturated rings. The van der Waals surface area contributed by atoms with Crippen molar-refractivity contribution in [2.45, 2.75) is 26.2 Å². The van der Waals surface area contributed by atoms with Crippen LogP contribution in [0.1, 0.15) is 41.3 Å². The first-order valence-electron chi connectivity index (χ1n) is 8.01. The molecular formula is C19H19ClN2O3. The summed E-state index contributed by atoms with van der Waals surface area (Å²) in [7, 11) is 0. The van der Waals surface area contributed by atoms with Gasteiger partial charge in [-0.25, -0.2) is 0 Å². The normalized spacial score (nSPS) is 10.8. The second-order valence-corrected chi connectivity index (χ2v) is 5.95. The van der Waals surface area contributed by atoms with Gasteiger partial charge < -0.3 is 5.32 Å². The van der Waals surface area contributed by atoms with Crippen LogP contribution in [0.3, 0.4) is 0 Å². The Morgan fingerprint density at radius 3 is 2.68 bits per heavy atom. The Balaban J connectivity index is 2.41. The summed E-state index contributed by atoms with van der Waals surface area (Å²) >= 11 is 6.15. The highest BCUT2D eigenvalue weighted by Crippen LogP contribution is 2.25. The van der Waals surface area contributed by atoms with Gasteiger partial charge >= 0.3 is 0 Å². The van der Waals surface area contributed by atoms with E-state index in [1.54, 1.807) is 30.3 Å². The van der Waals surface area contributed by atoms with Gasteiger partial charge in [0.1, 0.15) is 0 Å². The summed E-state index contributed by atoms with van der Waals surface area (Å²) in [4.78, 5) is 22.8. The molecule has 0 aliphatic rings. The summed E-state index contributed by atoms with van der Waals surface area (Å²) in [5.74, 6) is -0.221. The molecule has 2 aromatic rings. The number of hydrogen-bond donors (Lipinski definition) is 1. The molecule has 1 N–H and O–H groups in total. The number of rotatable bonds is 8. The Bertz CT molecular complexity index is 803. The third-order valence-corrected chi connectivity index (χ3v) is 4.03. The quantitative estimate of drug-likeness (QED) is 0.406. The zero-order chi connectivity index (χ0) is 18.2. The van der Waals surface area contributed by atoms with Crippen molar-refractivity contribution in [3.63, 3.8) is 0 Å². The summed E-state index contributed by atoms with van der Waals surface area (Å²) in [5, 5.41) is 13.6. The Morgan fingerprint density at radius 1 is 1.24 bits per heavy atom. The molecule has 0 spiro atoms. The number of carbonyl (C=O) groups excluding carboxylic acids is 1. The van der Waals surface area contributed by atoms with E-state index in [0.717, 1.165) is 31.0 Å². The zero-order valence-electron chi connectivity index (χ0n) is 13.9. The van der Waals surface area contributed by atoms with Gasteiger partial charge in [-0.05, 0) is 42.7 Å². The third kappa shape index (κ3) is 5.16. The van der Waals surface area contributed by atoms with E-state index < -0.39 is 4.92 Å². The molecule has 6 heteroatoms. The SMILES string of the molecule is CCCCc1ccc(NC=C[N+](=O)[O-])c(C(=O)c2ccccc2Cl)c1. The number of aryl methyl sites for hydroxylation is 1. The zero-order valence-corrected chi connectivity index (χ0v) is 14.6. The molecule has 0 bridgehead atoms. The lowest BCUT2D eigenvalue weighted by Gasteiger charge is -2.12. The van der Waals surface area contributed by atoms with Crippen LogP contribution in [0.4, 0.5) is 5.69 Å². The first kappa shape index (κ1) is 18.7. The van der Waals surface area contributed by atoms with Crippen LogP contribution in [0.25, 0.3) is 0 Å². The number of carbonyl (C=O) groups is 1. The van der Waals surface area contributed by atoms with Crippen molar-refractivity contribution in [1.29, 1.82) is 0 Å². The van der Waals surface area contributed by atoms with Gasteiger partial charge in [-0.3, -0.25) is 14.9 Å². The smallest absolute Gasteiger partial charge is 0.250 e.